The van der Waals surface area contributed by atoms with Gasteiger partial charge in [0.05, 0.1) is 12.8 Å². The summed E-state index contributed by atoms with van der Waals surface area (Å²) in [4.78, 5) is 24.9. The number of halogens is 1. The maximum absolute atomic E-state index is 13.0. The maximum atomic E-state index is 13.0. The summed E-state index contributed by atoms with van der Waals surface area (Å²) in [6.45, 7) is 6.38. The smallest absolute Gasteiger partial charge is 0.262 e. The molecule has 1 unspecified atom stereocenters. The van der Waals surface area contributed by atoms with Crippen LogP contribution in [0.5, 0.6) is 5.75 Å². The molecule has 7 heteroatoms. The molecule has 6 nitrogen and oxygen atoms in total. The molecule has 0 spiro atoms. The van der Waals surface area contributed by atoms with Crippen LogP contribution in [0.25, 0.3) is 0 Å². The highest BCUT2D eigenvalue weighted by atomic mass is 19.1. The average molecular weight is 413 g/mol. The Hall–Kier alpha value is -3.22. The first-order valence-corrected chi connectivity index (χ1v) is 10.0. The number of rotatable bonds is 10. The van der Waals surface area contributed by atoms with E-state index in [1.807, 2.05) is 38.1 Å². The van der Waals surface area contributed by atoms with Crippen molar-refractivity contribution in [1.29, 1.82) is 0 Å². The van der Waals surface area contributed by atoms with Crippen molar-refractivity contribution < 1.29 is 18.7 Å². The van der Waals surface area contributed by atoms with Crippen molar-refractivity contribution in [1.82, 2.24) is 10.7 Å². The van der Waals surface area contributed by atoms with Gasteiger partial charge in [-0.15, -0.1) is 0 Å². The quantitative estimate of drug-likeness (QED) is 0.352. The molecular weight excluding hydrogens is 385 g/mol. The summed E-state index contributed by atoms with van der Waals surface area (Å²) in [7, 11) is 0. The van der Waals surface area contributed by atoms with Crippen LogP contribution in [0.3, 0.4) is 0 Å². The molecule has 1 atom stereocenters. The average Bonchev–Trinajstić information content (AvgIpc) is 2.72. The highest BCUT2D eigenvalue weighted by Gasteiger charge is 2.24. The predicted octanol–water partition coefficient (Wildman–Crippen LogP) is 3.91. The summed E-state index contributed by atoms with van der Waals surface area (Å²) in [6.07, 6.45) is 3.56. The summed E-state index contributed by atoms with van der Waals surface area (Å²) in [6, 6.07) is 11.7. The Labute approximate surface area is 176 Å². The van der Waals surface area contributed by atoms with E-state index in [4.69, 9.17) is 4.74 Å². The van der Waals surface area contributed by atoms with E-state index in [2.05, 4.69) is 22.8 Å². The zero-order valence-electron chi connectivity index (χ0n) is 17.5. The molecule has 2 rings (SSSR count). The molecule has 30 heavy (non-hydrogen) atoms. The Balaban J connectivity index is 1.95. The van der Waals surface area contributed by atoms with Gasteiger partial charge in [0.2, 0.25) is 0 Å². The monoisotopic (exact) mass is 413 g/mol. The molecule has 0 radical (unpaired) electrons. The van der Waals surface area contributed by atoms with Crippen LogP contribution in [0.4, 0.5) is 4.39 Å². The van der Waals surface area contributed by atoms with Crippen LogP contribution in [0.15, 0.2) is 53.6 Å². The summed E-state index contributed by atoms with van der Waals surface area (Å²) in [5, 5.41) is 6.66. The van der Waals surface area contributed by atoms with Gasteiger partial charge in [0.15, 0.2) is 0 Å². The van der Waals surface area contributed by atoms with Gasteiger partial charge in [-0.3, -0.25) is 9.59 Å². The molecule has 0 aliphatic heterocycles. The van der Waals surface area contributed by atoms with E-state index < -0.39 is 23.7 Å². The fourth-order valence-electron chi connectivity index (χ4n) is 2.62. The van der Waals surface area contributed by atoms with Crippen molar-refractivity contribution in [3.63, 3.8) is 0 Å². The summed E-state index contributed by atoms with van der Waals surface area (Å²) in [5.41, 5.74) is 3.52. The highest BCUT2D eigenvalue weighted by molar-refractivity contribution is 5.97. The molecular formula is C23H28FN3O3. The molecule has 2 aromatic carbocycles. The molecule has 160 valence electrons. The van der Waals surface area contributed by atoms with E-state index in [-0.39, 0.29) is 11.5 Å². The van der Waals surface area contributed by atoms with E-state index in [9.17, 15) is 14.0 Å². The van der Waals surface area contributed by atoms with Crippen LogP contribution in [0.2, 0.25) is 0 Å². The lowest BCUT2D eigenvalue weighted by atomic mass is 10.0. The molecule has 0 aliphatic rings. The SMILES string of the molecule is CCCCOc1cccc(/C=N/NC(=O)C(NC(=O)c2ccc(F)cc2)C(C)C)c1. The molecule has 0 heterocycles. The van der Waals surface area contributed by atoms with Crippen molar-refractivity contribution in [2.75, 3.05) is 6.61 Å². The second kappa shape index (κ2) is 11.7. The van der Waals surface area contributed by atoms with Gasteiger partial charge in [0, 0.05) is 5.56 Å². The van der Waals surface area contributed by atoms with Crippen LogP contribution in [0.1, 0.15) is 49.5 Å². The number of hydrogen-bond acceptors (Lipinski definition) is 4. The Morgan fingerprint density at radius 2 is 1.90 bits per heavy atom. The number of nitrogens with zero attached hydrogens (tertiary/aromatic N) is 1. The normalized spacial score (nSPS) is 12.0. The van der Waals surface area contributed by atoms with Gasteiger partial charge in [-0.05, 0) is 54.3 Å². The van der Waals surface area contributed by atoms with E-state index >= 15 is 0 Å². The number of nitrogens with one attached hydrogen (secondary N) is 2. The molecule has 2 aromatic rings. The van der Waals surface area contributed by atoms with Gasteiger partial charge in [0.25, 0.3) is 11.8 Å². The van der Waals surface area contributed by atoms with Crippen LogP contribution in [-0.4, -0.2) is 30.7 Å². The number of carbonyl (C=O) groups excluding carboxylic acids is 2. The Kier molecular flexibility index (Phi) is 9.00. The first-order valence-electron chi connectivity index (χ1n) is 10.0. The predicted molar refractivity (Wildman–Crippen MR) is 115 cm³/mol. The van der Waals surface area contributed by atoms with E-state index in [0.29, 0.717) is 6.61 Å². The minimum Gasteiger partial charge on any atom is -0.494 e. The van der Waals surface area contributed by atoms with Crippen LogP contribution >= 0.6 is 0 Å². The molecule has 2 N–H and O–H groups in total. The fraction of sp³-hybridized carbons (Fsp3) is 0.348. The van der Waals surface area contributed by atoms with Gasteiger partial charge < -0.3 is 10.1 Å². The van der Waals surface area contributed by atoms with Crippen molar-refractivity contribution in [3.8, 4) is 5.75 Å². The van der Waals surface area contributed by atoms with Crippen LogP contribution in [0, 0.1) is 11.7 Å². The largest absolute Gasteiger partial charge is 0.494 e. The fourth-order valence-corrected chi connectivity index (χ4v) is 2.62. The zero-order chi connectivity index (χ0) is 21.9. The minimum atomic E-state index is -0.789. The number of unbranched alkanes of at least 4 members (excludes halogenated alkanes) is 1. The molecule has 0 saturated heterocycles. The van der Waals surface area contributed by atoms with Gasteiger partial charge in [-0.1, -0.05) is 39.3 Å². The van der Waals surface area contributed by atoms with Gasteiger partial charge >= 0.3 is 0 Å². The third kappa shape index (κ3) is 7.31. The van der Waals surface area contributed by atoms with Crippen molar-refractivity contribution >= 4 is 18.0 Å². The first-order chi connectivity index (χ1) is 14.4. The number of hydrazone groups is 1. The summed E-state index contributed by atoms with van der Waals surface area (Å²) < 4.78 is 18.7. The number of ether oxygens (including phenoxy) is 1. The second-order valence-corrected chi connectivity index (χ2v) is 7.21. The maximum Gasteiger partial charge on any atom is 0.262 e. The number of hydrogen-bond donors (Lipinski definition) is 2. The van der Waals surface area contributed by atoms with Gasteiger partial charge in [-0.25, -0.2) is 9.82 Å². The lowest BCUT2D eigenvalue weighted by Gasteiger charge is -2.20. The molecule has 2 amide bonds. The zero-order valence-corrected chi connectivity index (χ0v) is 17.5. The molecule has 0 bridgehead atoms. The lowest BCUT2D eigenvalue weighted by Crippen LogP contribution is -2.48. The second-order valence-electron chi connectivity index (χ2n) is 7.21. The van der Waals surface area contributed by atoms with E-state index in [0.717, 1.165) is 24.2 Å². The Morgan fingerprint density at radius 3 is 2.57 bits per heavy atom. The minimum absolute atomic E-state index is 0.167. The lowest BCUT2D eigenvalue weighted by molar-refractivity contribution is -0.123. The Bertz CT molecular complexity index is 866. The Morgan fingerprint density at radius 1 is 1.17 bits per heavy atom. The molecule has 0 aromatic heterocycles. The number of benzene rings is 2. The van der Waals surface area contributed by atoms with Crippen molar-refractivity contribution in [2.45, 2.75) is 39.7 Å². The van der Waals surface area contributed by atoms with Crippen molar-refractivity contribution in [3.05, 3.63) is 65.5 Å². The number of amides is 2. The first kappa shape index (κ1) is 23.1. The van der Waals surface area contributed by atoms with Crippen LogP contribution in [-0.2, 0) is 4.79 Å². The van der Waals surface area contributed by atoms with E-state index in [1.54, 1.807) is 0 Å². The molecule has 0 saturated carbocycles. The van der Waals surface area contributed by atoms with Gasteiger partial charge in [0.1, 0.15) is 17.6 Å². The number of carbonyl (C=O) groups is 2. The summed E-state index contributed by atoms with van der Waals surface area (Å²) >= 11 is 0. The molecule has 0 fully saturated rings. The highest BCUT2D eigenvalue weighted by Crippen LogP contribution is 2.12. The molecule has 0 aliphatic carbocycles. The third-order valence-corrected chi connectivity index (χ3v) is 4.36. The standard InChI is InChI=1S/C23H28FN3O3/c1-4-5-13-30-20-8-6-7-17(14-20)15-25-27-23(29)21(16(2)3)26-22(28)18-9-11-19(24)12-10-18/h6-12,14-16,21H,4-5,13H2,1-3H3,(H,26,28)(H,27,29)/b25-15+. The topological polar surface area (TPSA) is 79.8 Å². The van der Waals surface area contributed by atoms with E-state index in [1.165, 1.54) is 30.5 Å². The third-order valence-electron chi connectivity index (χ3n) is 4.36. The summed E-state index contributed by atoms with van der Waals surface area (Å²) in [5.74, 6) is -0.749. The van der Waals surface area contributed by atoms with Crippen LogP contribution < -0.4 is 15.5 Å². The van der Waals surface area contributed by atoms with Gasteiger partial charge in [-0.2, -0.15) is 5.10 Å². The van der Waals surface area contributed by atoms with Crippen molar-refractivity contribution in [2.24, 2.45) is 11.0 Å².